The van der Waals surface area contributed by atoms with Crippen molar-refractivity contribution >= 4 is 21.7 Å². The first-order chi connectivity index (χ1) is 14.6. The van der Waals surface area contributed by atoms with E-state index in [2.05, 4.69) is 54.4 Å². The van der Waals surface area contributed by atoms with Gasteiger partial charge >= 0.3 is 0 Å². The van der Waals surface area contributed by atoms with E-state index >= 15 is 0 Å². The van der Waals surface area contributed by atoms with Crippen LogP contribution in [0.3, 0.4) is 0 Å². The second kappa shape index (κ2) is 8.55. The zero-order chi connectivity index (χ0) is 21.1. The number of aromatic amines is 1. The number of nitrogens with one attached hydrogen (secondary N) is 2. The second-order valence-electron chi connectivity index (χ2n) is 7.33. The molecular formula is C24H26N3O3+. The molecule has 0 radical (unpaired) electrons. The van der Waals surface area contributed by atoms with E-state index in [9.17, 15) is 4.79 Å². The van der Waals surface area contributed by atoms with E-state index in [1.807, 2.05) is 0 Å². The topological polar surface area (TPSA) is 68.7 Å². The summed E-state index contributed by atoms with van der Waals surface area (Å²) < 4.78 is 10.7. The second-order valence-corrected chi connectivity index (χ2v) is 7.33. The van der Waals surface area contributed by atoms with E-state index in [-0.39, 0.29) is 5.56 Å². The van der Waals surface area contributed by atoms with Gasteiger partial charge in [-0.25, -0.2) is 4.98 Å². The number of benzene rings is 3. The number of methoxy groups -OCH3 is 2. The Hall–Kier alpha value is -3.38. The zero-order valence-electron chi connectivity index (χ0n) is 17.5. The highest BCUT2D eigenvalue weighted by molar-refractivity contribution is 5.85. The SMILES string of the molecule is CC[NH+](Cc1nc2cc(OC)c(OC)cc2c(=O)[nH]1)Cc1cccc2ccccc12. The minimum atomic E-state index is -0.170. The molecule has 0 bridgehead atoms. The molecule has 0 fully saturated rings. The average molecular weight is 404 g/mol. The Morgan fingerprint density at radius 2 is 1.67 bits per heavy atom. The van der Waals surface area contributed by atoms with Crippen molar-refractivity contribution in [1.82, 2.24) is 9.97 Å². The zero-order valence-corrected chi connectivity index (χ0v) is 17.5. The fourth-order valence-electron chi connectivity index (χ4n) is 3.86. The number of H-pyrrole nitrogens is 1. The van der Waals surface area contributed by atoms with Crippen LogP contribution >= 0.6 is 0 Å². The molecule has 1 atom stereocenters. The van der Waals surface area contributed by atoms with Gasteiger partial charge in [0.2, 0.25) is 0 Å². The summed E-state index contributed by atoms with van der Waals surface area (Å²) in [6.45, 7) is 4.54. The van der Waals surface area contributed by atoms with Crippen molar-refractivity contribution in [3.8, 4) is 11.5 Å². The maximum Gasteiger partial charge on any atom is 0.259 e. The number of aromatic nitrogens is 2. The van der Waals surface area contributed by atoms with E-state index in [0.717, 1.165) is 13.1 Å². The Bertz CT molecular complexity index is 1240. The molecule has 4 aromatic rings. The lowest BCUT2D eigenvalue weighted by molar-refractivity contribution is -0.926. The van der Waals surface area contributed by atoms with Crippen LogP contribution in [0, 0.1) is 0 Å². The Balaban J connectivity index is 1.65. The number of quaternary nitrogens is 1. The number of ether oxygens (including phenoxy) is 2. The van der Waals surface area contributed by atoms with Gasteiger partial charge in [0, 0.05) is 11.6 Å². The molecule has 154 valence electrons. The molecule has 0 aliphatic heterocycles. The molecule has 1 heterocycles. The minimum Gasteiger partial charge on any atom is -0.493 e. The predicted octanol–water partition coefficient (Wildman–Crippen LogP) is 2.70. The fourth-order valence-corrected chi connectivity index (χ4v) is 3.86. The molecule has 0 aliphatic rings. The van der Waals surface area contributed by atoms with E-state index in [1.165, 1.54) is 21.2 Å². The lowest BCUT2D eigenvalue weighted by Crippen LogP contribution is -3.09. The number of rotatable bonds is 7. The van der Waals surface area contributed by atoms with Crippen LogP contribution < -0.4 is 19.9 Å². The standard InChI is InChI=1S/C24H25N3O3/c1-4-27(14-17-10-7-9-16-8-5-6-11-18(16)17)15-23-25-20-13-22(30-3)21(29-2)12-19(20)24(28)26-23/h5-13H,4,14-15H2,1-3H3,(H,25,26,28)/p+1. The number of hydrogen-bond acceptors (Lipinski definition) is 4. The summed E-state index contributed by atoms with van der Waals surface area (Å²) >= 11 is 0. The summed E-state index contributed by atoms with van der Waals surface area (Å²) in [7, 11) is 3.13. The summed E-state index contributed by atoms with van der Waals surface area (Å²) in [5.41, 5.74) is 1.73. The van der Waals surface area contributed by atoms with E-state index in [1.54, 1.807) is 26.4 Å². The first kappa shape index (κ1) is 19.9. The molecule has 0 spiro atoms. The van der Waals surface area contributed by atoms with Crippen LogP contribution in [0.5, 0.6) is 11.5 Å². The lowest BCUT2D eigenvalue weighted by atomic mass is 10.0. The largest absolute Gasteiger partial charge is 0.493 e. The third-order valence-electron chi connectivity index (χ3n) is 5.50. The summed E-state index contributed by atoms with van der Waals surface area (Å²) in [5.74, 6) is 1.74. The highest BCUT2D eigenvalue weighted by Gasteiger charge is 2.15. The molecule has 30 heavy (non-hydrogen) atoms. The first-order valence-corrected chi connectivity index (χ1v) is 10.1. The van der Waals surface area contributed by atoms with Gasteiger partial charge in [-0.1, -0.05) is 42.5 Å². The van der Waals surface area contributed by atoms with Gasteiger partial charge in [0.1, 0.15) is 13.1 Å². The summed E-state index contributed by atoms with van der Waals surface area (Å²) in [6, 6.07) is 18.3. The average Bonchev–Trinajstić information content (AvgIpc) is 2.78. The van der Waals surface area contributed by atoms with Crippen LogP contribution in [0.4, 0.5) is 0 Å². The Labute approximate surface area is 175 Å². The van der Waals surface area contributed by atoms with Crippen LogP contribution in [0.15, 0.2) is 59.4 Å². The molecule has 0 saturated carbocycles. The molecule has 3 aromatic carbocycles. The molecule has 0 aliphatic carbocycles. The highest BCUT2D eigenvalue weighted by Crippen LogP contribution is 2.29. The van der Waals surface area contributed by atoms with Gasteiger partial charge < -0.3 is 19.4 Å². The summed E-state index contributed by atoms with van der Waals surface area (Å²) in [4.78, 5) is 21.6. The van der Waals surface area contributed by atoms with Crippen molar-refractivity contribution in [2.24, 2.45) is 0 Å². The summed E-state index contributed by atoms with van der Waals surface area (Å²) in [6.07, 6.45) is 0. The molecule has 6 nitrogen and oxygen atoms in total. The van der Waals surface area contributed by atoms with Crippen molar-refractivity contribution in [3.05, 3.63) is 76.3 Å². The van der Waals surface area contributed by atoms with Gasteiger partial charge in [-0.2, -0.15) is 0 Å². The van der Waals surface area contributed by atoms with Crippen molar-refractivity contribution in [3.63, 3.8) is 0 Å². The van der Waals surface area contributed by atoms with E-state index in [0.29, 0.717) is 34.8 Å². The van der Waals surface area contributed by atoms with Crippen LogP contribution in [0.1, 0.15) is 18.3 Å². The lowest BCUT2D eigenvalue weighted by Gasteiger charge is -2.18. The van der Waals surface area contributed by atoms with Crippen molar-refractivity contribution in [2.75, 3.05) is 20.8 Å². The molecule has 0 amide bonds. The number of fused-ring (bicyclic) bond motifs is 2. The molecule has 2 N–H and O–H groups in total. The van der Waals surface area contributed by atoms with Crippen LogP contribution in [0.2, 0.25) is 0 Å². The number of nitrogens with zero attached hydrogens (tertiary/aromatic N) is 1. The van der Waals surface area contributed by atoms with Crippen LogP contribution in [0.25, 0.3) is 21.7 Å². The predicted molar refractivity (Wildman–Crippen MR) is 118 cm³/mol. The van der Waals surface area contributed by atoms with Gasteiger partial charge in [-0.05, 0) is 23.8 Å². The van der Waals surface area contributed by atoms with Crippen molar-refractivity contribution < 1.29 is 14.4 Å². The maximum absolute atomic E-state index is 12.7. The molecule has 1 unspecified atom stereocenters. The summed E-state index contributed by atoms with van der Waals surface area (Å²) in [5, 5.41) is 3.00. The number of hydrogen-bond donors (Lipinski definition) is 2. The Kier molecular flexibility index (Phi) is 5.68. The Morgan fingerprint density at radius 3 is 2.43 bits per heavy atom. The molecule has 0 saturated heterocycles. The van der Waals surface area contributed by atoms with Crippen molar-refractivity contribution in [2.45, 2.75) is 20.0 Å². The maximum atomic E-state index is 12.7. The monoisotopic (exact) mass is 404 g/mol. The van der Waals surface area contributed by atoms with Gasteiger partial charge in [-0.3, -0.25) is 4.79 Å². The smallest absolute Gasteiger partial charge is 0.259 e. The van der Waals surface area contributed by atoms with Gasteiger partial charge in [0.25, 0.3) is 5.56 Å². The first-order valence-electron chi connectivity index (χ1n) is 10.1. The van der Waals surface area contributed by atoms with E-state index in [4.69, 9.17) is 14.5 Å². The third kappa shape index (κ3) is 3.86. The highest BCUT2D eigenvalue weighted by atomic mass is 16.5. The van der Waals surface area contributed by atoms with E-state index < -0.39 is 0 Å². The Morgan fingerprint density at radius 1 is 0.933 bits per heavy atom. The molecular weight excluding hydrogens is 378 g/mol. The van der Waals surface area contributed by atoms with Gasteiger partial charge in [0.15, 0.2) is 17.3 Å². The fraction of sp³-hybridized carbons (Fsp3) is 0.250. The normalized spacial score (nSPS) is 12.2. The molecule has 6 heteroatoms. The van der Waals surface area contributed by atoms with Gasteiger partial charge in [0.05, 0.1) is 31.7 Å². The van der Waals surface area contributed by atoms with Crippen LogP contribution in [-0.2, 0) is 13.1 Å². The third-order valence-corrected chi connectivity index (χ3v) is 5.50. The minimum absolute atomic E-state index is 0.170. The quantitative estimate of drug-likeness (QED) is 0.497. The van der Waals surface area contributed by atoms with Crippen LogP contribution in [-0.4, -0.2) is 30.7 Å². The van der Waals surface area contributed by atoms with Gasteiger partial charge in [-0.15, -0.1) is 0 Å². The van der Waals surface area contributed by atoms with Crippen molar-refractivity contribution in [1.29, 1.82) is 0 Å². The molecule has 1 aromatic heterocycles. The molecule has 4 rings (SSSR count).